The van der Waals surface area contributed by atoms with Crippen LogP contribution in [0.5, 0.6) is 0 Å². The van der Waals surface area contributed by atoms with Crippen LogP contribution in [0, 0.1) is 11.3 Å². The molecular weight excluding hydrogens is 262 g/mol. The van der Waals surface area contributed by atoms with Gasteiger partial charge >= 0.3 is 0 Å². The van der Waals surface area contributed by atoms with Gasteiger partial charge in [0.15, 0.2) is 0 Å². The standard InChI is InChI=1S/C18H35NO2/c1-5-14-8-10-18(20,11-9-14)13-19-15-12-16(21-7-3)17(15,4)6-2/h14-16,19-20H,5-13H2,1-4H3. The van der Waals surface area contributed by atoms with E-state index in [2.05, 4.69) is 33.0 Å². The van der Waals surface area contributed by atoms with E-state index >= 15 is 0 Å². The first-order valence-corrected chi connectivity index (χ1v) is 9.04. The molecule has 0 bridgehead atoms. The molecule has 2 saturated carbocycles. The Hall–Kier alpha value is -0.120. The van der Waals surface area contributed by atoms with Gasteiger partial charge in [0.1, 0.15) is 0 Å². The Morgan fingerprint density at radius 2 is 1.86 bits per heavy atom. The summed E-state index contributed by atoms with van der Waals surface area (Å²) in [6.45, 7) is 10.5. The lowest BCUT2D eigenvalue weighted by atomic mass is 9.61. The Labute approximate surface area is 130 Å². The summed E-state index contributed by atoms with van der Waals surface area (Å²) < 4.78 is 5.86. The number of hydrogen-bond donors (Lipinski definition) is 2. The summed E-state index contributed by atoms with van der Waals surface area (Å²) in [7, 11) is 0. The van der Waals surface area contributed by atoms with Gasteiger partial charge in [-0.25, -0.2) is 0 Å². The predicted octanol–water partition coefficient (Wildman–Crippen LogP) is 3.50. The zero-order valence-corrected chi connectivity index (χ0v) is 14.5. The van der Waals surface area contributed by atoms with Gasteiger partial charge in [-0.3, -0.25) is 0 Å². The van der Waals surface area contributed by atoms with E-state index < -0.39 is 5.60 Å². The third-order valence-electron chi connectivity index (χ3n) is 6.40. The summed E-state index contributed by atoms with van der Waals surface area (Å²) in [6, 6.07) is 0.493. The number of rotatable bonds is 7. The molecule has 0 aromatic heterocycles. The topological polar surface area (TPSA) is 41.5 Å². The molecule has 0 aliphatic heterocycles. The molecule has 0 aromatic carbocycles. The number of aliphatic hydroxyl groups is 1. The molecule has 0 saturated heterocycles. The summed E-state index contributed by atoms with van der Waals surface area (Å²) in [5, 5.41) is 14.4. The van der Waals surface area contributed by atoms with E-state index in [1.165, 1.54) is 19.3 Å². The van der Waals surface area contributed by atoms with E-state index in [0.717, 1.165) is 44.8 Å². The Morgan fingerprint density at radius 3 is 2.38 bits per heavy atom. The molecule has 2 rings (SSSR count). The van der Waals surface area contributed by atoms with E-state index in [4.69, 9.17) is 4.74 Å². The van der Waals surface area contributed by atoms with Crippen LogP contribution >= 0.6 is 0 Å². The molecule has 3 heteroatoms. The zero-order chi connectivity index (χ0) is 15.5. The highest BCUT2D eigenvalue weighted by molar-refractivity contribution is 5.05. The van der Waals surface area contributed by atoms with Crippen molar-refractivity contribution in [3.63, 3.8) is 0 Å². The highest BCUT2D eigenvalue weighted by Crippen LogP contribution is 2.46. The first kappa shape index (κ1) is 17.2. The van der Waals surface area contributed by atoms with Gasteiger partial charge in [-0.2, -0.15) is 0 Å². The quantitative estimate of drug-likeness (QED) is 0.755. The molecule has 3 nitrogen and oxygen atoms in total. The van der Waals surface area contributed by atoms with Crippen LogP contribution in [-0.4, -0.2) is 36.0 Å². The average Bonchev–Trinajstić information content (AvgIpc) is 2.50. The van der Waals surface area contributed by atoms with E-state index in [-0.39, 0.29) is 5.41 Å². The second kappa shape index (κ2) is 6.97. The minimum atomic E-state index is -0.475. The van der Waals surface area contributed by atoms with Crippen molar-refractivity contribution in [3.8, 4) is 0 Å². The molecular formula is C18H35NO2. The highest BCUT2D eigenvalue weighted by Gasteiger charge is 2.51. The average molecular weight is 297 g/mol. The van der Waals surface area contributed by atoms with Crippen molar-refractivity contribution >= 4 is 0 Å². The third-order valence-corrected chi connectivity index (χ3v) is 6.40. The molecule has 0 spiro atoms. The predicted molar refractivity (Wildman–Crippen MR) is 87.4 cm³/mol. The fourth-order valence-corrected chi connectivity index (χ4v) is 4.18. The maximum Gasteiger partial charge on any atom is 0.0771 e. The van der Waals surface area contributed by atoms with Gasteiger partial charge in [0, 0.05) is 24.6 Å². The smallest absolute Gasteiger partial charge is 0.0771 e. The maximum absolute atomic E-state index is 10.8. The second-order valence-corrected chi connectivity index (χ2v) is 7.55. The lowest BCUT2D eigenvalue weighted by Gasteiger charge is -2.54. The molecule has 2 aliphatic carbocycles. The summed E-state index contributed by atoms with van der Waals surface area (Å²) in [5.41, 5.74) is -0.246. The van der Waals surface area contributed by atoms with Crippen LogP contribution in [0.3, 0.4) is 0 Å². The SMILES string of the molecule is CCOC1CC(NCC2(O)CCC(CC)CC2)C1(C)CC. The summed E-state index contributed by atoms with van der Waals surface area (Å²) in [6.07, 6.45) is 8.16. The molecule has 0 aromatic rings. The van der Waals surface area contributed by atoms with Crippen LogP contribution in [0.25, 0.3) is 0 Å². The number of hydrogen-bond acceptors (Lipinski definition) is 3. The molecule has 3 unspecified atom stereocenters. The first-order valence-electron chi connectivity index (χ1n) is 9.04. The molecule has 21 heavy (non-hydrogen) atoms. The minimum absolute atomic E-state index is 0.229. The number of nitrogens with one attached hydrogen (secondary N) is 1. The molecule has 124 valence electrons. The van der Waals surface area contributed by atoms with Crippen molar-refractivity contribution < 1.29 is 9.84 Å². The van der Waals surface area contributed by atoms with Crippen LogP contribution in [0.4, 0.5) is 0 Å². The Kier molecular flexibility index (Phi) is 5.72. The molecule has 0 radical (unpaired) electrons. The molecule has 2 aliphatic rings. The summed E-state index contributed by atoms with van der Waals surface area (Å²) in [5.74, 6) is 0.831. The second-order valence-electron chi connectivity index (χ2n) is 7.55. The van der Waals surface area contributed by atoms with Crippen LogP contribution in [0.15, 0.2) is 0 Å². The van der Waals surface area contributed by atoms with Crippen molar-refractivity contribution in [1.29, 1.82) is 0 Å². The van der Waals surface area contributed by atoms with E-state index in [0.29, 0.717) is 12.1 Å². The lowest BCUT2D eigenvalue weighted by molar-refractivity contribution is -0.131. The van der Waals surface area contributed by atoms with Crippen molar-refractivity contribution in [2.45, 2.75) is 90.4 Å². The monoisotopic (exact) mass is 297 g/mol. The normalized spacial score (nSPS) is 43.6. The summed E-state index contributed by atoms with van der Waals surface area (Å²) in [4.78, 5) is 0. The Balaban J connectivity index is 1.81. The fraction of sp³-hybridized carbons (Fsp3) is 1.00. The first-order chi connectivity index (χ1) is 9.97. The highest BCUT2D eigenvalue weighted by atomic mass is 16.5. The molecule has 2 N–H and O–H groups in total. The van der Waals surface area contributed by atoms with Crippen LogP contribution in [-0.2, 0) is 4.74 Å². The largest absolute Gasteiger partial charge is 0.389 e. The minimum Gasteiger partial charge on any atom is -0.389 e. The zero-order valence-electron chi connectivity index (χ0n) is 14.5. The Morgan fingerprint density at radius 1 is 1.19 bits per heavy atom. The molecule has 0 amide bonds. The molecule has 3 atom stereocenters. The van der Waals surface area contributed by atoms with Gasteiger partial charge in [-0.15, -0.1) is 0 Å². The van der Waals surface area contributed by atoms with Crippen LogP contribution in [0.1, 0.15) is 72.6 Å². The molecule has 2 fully saturated rings. The van der Waals surface area contributed by atoms with Crippen LogP contribution < -0.4 is 5.32 Å². The maximum atomic E-state index is 10.8. The van der Waals surface area contributed by atoms with Crippen molar-refractivity contribution in [3.05, 3.63) is 0 Å². The van der Waals surface area contributed by atoms with Gasteiger partial charge in [0.05, 0.1) is 11.7 Å². The van der Waals surface area contributed by atoms with E-state index in [1.54, 1.807) is 0 Å². The van der Waals surface area contributed by atoms with E-state index in [1.807, 2.05) is 0 Å². The van der Waals surface area contributed by atoms with Crippen molar-refractivity contribution in [2.75, 3.05) is 13.2 Å². The van der Waals surface area contributed by atoms with Crippen molar-refractivity contribution in [2.24, 2.45) is 11.3 Å². The van der Waals surface area contributed by atoms with E-state index in [9.17, 15) is 5.11 Å². The summed E-state index contributed by atoms with van der Waals surface area (Å²) >= 11 is 0. The van der Waals surface area contributed by atoms with Gasteiger partial charge in [-0.1, -0.05) is 27.2 Å². The Bertz CT molecular complexity index is 325. The van der Waals surface area contributed by atoms with Crippen LogP contribution in [0.2, 0.25) is 0 Å². The number of ether oxygens (including phenoxy) is 1. The van der Waals surface area contributed by atoms with Gasteiger partial charge < -0.3 is 15.2 Å². The van der Waals surface area contributed by atoms with Gasteiger partial charge in [0.2, 0.25) is 0 Å². The fourth-order valence-electron chi connectivity index (χ4n) is 4.18. The van der Waals surface area contributed by atoms with Gasteiger partial charge in [-0.05, 0) is 51.4 Å². The third kappa shape index (κ3) is 3.62. The van der Waals surface area contributed by atoms with Crippen molar-refractivity contribution in [1.82, 2.24) is 5.32 Å². The van der Waals surface area contributed by atoms with Gasteiger partial charge in [0.25, 0.3) is 0 Å². The lowest BCUT2D eigenvalue weighted by Crippen LogP contribution is -2.64. The molecule has 0 heterocycles.